The van der Waals surface area contributed by atoms with Gasteiger partial charge < -0.3 is 20.5 Å². The molecule has 1 aliphatic carbocycles. The van der Waals surface area contributed by atoms with E-state index in [9.17, 15) is 19.5 Å². The maximum absolute atomic E-state index is 12.1. The molecule has 142 valence electrons. The summed E-state index contributed by atoms with van der Waals surface area (Å²) in [5.74, 6) is -0.950. The van der Waals surface area contributed by atoms with Gasteiger partial charge in [0.25, 0.3) is 5.91 Å². The summed E-state index contributed by atoms with van der Waals surface area (Å²) in [4.78, 5) is 35.6. The first-order chi connectivity index (χ1) is 12.5. The smallest absolute Gasteiger partial charge is 0.311 e. The van der Waals surface area contributed by atoms with Crippen LogP contribution in [0.1, 0.15) is 49.4 Å². The van der Waals surface area contributed by atoms with Gasteiger partial charge in [0, 0.05) is 12.1 Å². The number of benzene rings is 1. The van der Waals surface area contributed by atoms with Crippen LogP contribution in [0.25, 0.3) is 0 Å². The number of nitrogens with one attached hydrogen (secondary N) is 2. The number of amides is 2. The highest BCUT2D eigenvalue weighted by molar-refractivity contribution is 5.96. The van der Waals surface area contributed by atoms with Gasteiger partial charge in [-0.3, -0.25) is 14.4 Å². The summed E-state index contributed by atoms with van der Waals surface area (Å²) in [5.41, 5.74) is -0.455. The molecule has 7 heteroatoms. The van der Waals surface area contributed by atoms with Crippen molar-refractivity contribution in [1.82, 2.24) is 10.6 Å². The van der Waals surface area contributed by atoms with E-state index in [0.717, 1.165) is 19.3 Å². The Kier molecular flexibility index (Phi) is 7.00. The molecule has 1 aromatic carbocycles. The Hall–Kier alpha value is -2.57. The molecule has 0 aromatic heterocycles. The lowest BCUT2D eigenvalue weighted by Gasteiger charge is -2.33. The number of carbonyl (C=O) groups excluding carboxylic acids is 2. The van der Waals surface area contributed by atoms with Crippen molar-refractivity contribution < 1.29 is 24.2 Å². The minimum Gasteiger partial charge on any atom is -0.494 e. The zero-order valence-corrected chi connectivity index (χ0v) is 15.0. The average molecular weight is 362 g/mol. The van der Waals surface area contributed by atoms with Crippen LogP contribution in [-0.2, 0) is 9.59 Å². The lowest BCUT2D eigenvalue weighted by atomic mass is 9.74. The van der Waals surface area contributed by atoms with Gasteiger partial charge in [-0.2, -0.15) is 0 Å². The maximum Gasteiger partial charge on any atom is 0.311 e. The lowest BCUT2D eigenvalue weighted by molar-refractivity contribution is -0.151. The van der Waals surface area contributed by atoms with E-state index in [4.69, 9.17) is 4.74 Å². The molecule has 3 N–H and O–H groups in total. The van der Waals surface area contributed by atoms with Gasteiger partial charge in [-0.15, -0.1) is 0 Å². The molecular weight excluding hydrogens is 336 g/mol. The van der Waals surface area contributed by atoms with E-state index in [0.29, 0.717) is 30.8 Å². The first-order valence-corrected chi connectivity index (χ1v) is 8.98. The van der Waals surface area contributed by atoms with Gasteiger partial charge in [-0.25, -0.2) is 0 Å². The Balaban J connectivity index is 1.80. The van der Waals surface area contributed by atoms with Crippen LogP contribution < -0.4 is 15.4 Å². The Morgan fingerprint density at radius 2 is 1.73 bits per heavy atom. The number of carboxylic acid groups (broad SMARTS) is 1. The molecule has 1 aromatic rings. The number of carbonyl (C=O) groups is 3. The molecule has 0 aliphatic heterocycles. The van der Waals surface area contributed by atoms with E-state index in [2.05, 4.69) is 10.6 Å². The van der Waals surface area contributed by atoms with Crippen LogP contribution in [0.4, 0.5) is 0 Å². The summed E-state index contributed by atoms with van der Waals surface area (Å²) in [6.45, 7) is 2.33. The number of rotatable bonds is 8. The molecule has 0 radical (unpaired) electrons. The number of hydrogen-bond acceptors (Lipinski definition) is 4. The largest absolute Gasteiger partial charge is 0.494 e. The monoisotopic (exact) mass is 362 g/mol. The van der Waals surface area contributed by atoms with Gasteiger partial charge in [-0.1, -0.05) is 19.3 Å². The topological polar surface area (TPSA) is 105 Å². The van der Waals surface area contributed by atoms with Gasteiger partial charge in [0.1, 0.15) is 5.75 Å². The molecule has 0 unspecified atom stereocenters. The van der Waals surface area contributed by atoms with Crippen molar-refractivity contribution in [1.29, 1.82) is 0 Å². The second kappa shape index (κ2) is 9.22. The van der Waals surface area contributed by atoms with Crippen LogP contribution in [0.15, 0.2) is 24.3 Å². The molecule has 1 fully saturated rings. The zero-order valence-electron chi connectivity index (χ0n) is 15.0. The predicted octanol–water partition coefficient (Wildman–Crippen LogP) is 1.97. The third-order valence-corrected chi connectivity index (χ3v) is 4.73. The third-order valence-electron chi connectivity index (χ3n) is 4.73. The van der Waals surface area contributed by atoms with Crippen molar-refractivity contribution in [2.45, 2.75) is 39.0 Å². The first-order valence-electron chi connectivity index (χ1n) is 8.98. The fourth-order valence-corrected chi connectivity index (χ4v) is 3.16. The molecule has 0 bridgehead atoms. The highest BCUT2D eigenvalue weighted by Gasteiger charge is 2.39. The number of carboxylic acids is 1. The molecular formula is C19H26N2O5. The van der Waals surface area contributed by atoms with Crippen LogP contribution in [0.3, 0.4) is 0 Å². The molecule has 1 saturated carbocycles. The van der Waals surface area contributed by atoms with E-state index < -0.39 is 17.3 Å². The molecule has 0 saturated heterocycles. The first kappa shape index (κ1) is 19.8. The summed E-state index contributed by atoms with van der Waals surface area (Å²) in [5, 5.41) is 14.7. The van der Waals surface area contributed by atoms with Crippen LogP contribution in [0.5, 0.6) is 5.75 Å². The summed E-state index contributed by atoms with van der Waals surface area (Å²) in [7, 11) is 0. The van der Waals surface area contributed by atoms with Crippen molar-refractivity contribution in [3.8, 4) is 5.75 Å². The molecule has 1 aliphatic rings. The Morgan fingerprint density at radius 3 is 2.31 bits per heavy atom. The van der Waals surface area contributed by atoms with E-state index in [1.165, 1.54) is 0 Å². The number of ether oxygens (including phenoxy) is 1. The van der Waals surface area contributed by atoms with Crippen molar-refractivity contribution in [3.05, 3.63) is 29.8 Å². The van der Waals surface area contributed by atoms with Crippen molar-refractivity contribution >= 4 is 17.8 Å². The molecule has 0 spiro atoms. The van der Waals surface area contributed by atoms with E-state index in [-0.39, 0.29) is 19.0 Å². The van der Waals surface area contributed by atoms with Gasteiger partial charge in [-0.05, 0) is 44.0 Å². The van der Waals surface area contributed by atoms with E-state index >= 15 is 0 Å². The lowest BCUT2D eigenvalue weighted by Crippen LogP contribution is -2.46. The molecule has 26 heavy (non-hydrogen) atoms. The summed E-state index contributed by atoms with van der Waals surface area (Å²) >= 11 is 0. The third kappa shape index (κ3) is 5.21. The fourth-order valence-electron chi connectivity index (χ4n) is 3.16. The summed E-state index contributed by atoms with van der Waals surface area (Å²) < 4.78 is 5.31. The van der Waals surface area contributed by atoms with Crippen molar-refractivity contribution in [2.75, 3.05) is 19.7 Å². The minimum atomic E-state index is -0.882. The summed E-state index contributed by atoms with van der Waals surface area (Å²) in [6, 6.07) is 6.63. The fraction of sp³-hybridized carbons (Fsp3) is 0.526. The second-order valence-electron chi connectivity index (χ2n) is 6.56. The molecule has 7 nitrogen and oxygen atoms in total. The Labute approximate surface area is 153 Å². The number of aliphatic carboxylic acids is 1. The maximum atomic E-state index is 12.1. The van der Waals surface area contributed by atoms with Crippen LogP contribution in [0.2, 0.25) is 0 Å². The number of hydrogen-bond donors (Lipinski definition) is 3. The van der Waals surface area contributed by atoms with Crippen molar-refractivity contribution in [2.24, 2.45) is 5.41 Å². The highest BCUT2D eigenvalue weighted by atomic mass is 16.5. The normalized spacial score (nSPS) is 15.7. The van der Waals surface area contributed by atoms with Gasteiger partial charge in [0.2, 0.25) is 5.91 Å². The predicted molar refractivity (Wildman–Crippen MR) is 96.1 cm³/mol. The molecule has 2 rings (SSSR count). The molecule has 0 atom stereocenters. The van der Waals surface area contributed by atoms with E-state index in [1.54, 1.807) is 24.3 Å². The quantitative estimate of drug-likeness (QED) is 0.656. The second-order valence-corrected chi connectivity index (χ2v) is 6.56. The molecule has 0 heterocycles. The van der Waals surface area contributed by atoms with Crippen molar-refractivity contribution in [3.63, 3.8) is 0 Å². The molecule has 2 amide bonds. The van der Waals surface area contributed by atoms with Gasteiger partial charge in [0.15, 0.2) is 0 Å². The van der Waals surface area contributed by atoms with Gasteiger partial charge in [0.05, 0.1) is 18.6 Å². The van der Waals surface area contributed by atoms with E-state index in [1.807, 2.05) is 6.92 Å². The van der Waals surface area contributed by atoms with Crippen LogP contribution in [0, 0.1) is 5.41 Å². The SMILES string of the molecule is CCOc1ccc(C(=O)NCC(=O)NCC2(C(=O)O)CCCCC2)cc1. The summed E-state index contributed by atoms with van der Waals surface area (Å²) in [6.07, 6.45) is 3.89. The van der Waals surface area contributed by atoms with Gasteiger partial charge >= 0.3 is 5.97 Å². The van der Waals surface area contributed by atoms with Crippen LogP contribution in [-0.4, -0.2) is 42.6 Å². The average Bonchev–Trinajstić information content (AvgIpc) is 2.66. The Bertz CT molecular complexity index is 636. The highest BCUT2D eigenvalue weighted by Crippen LogP contribution is 2.35. The minimum absolute atomic E-state index is 0.0973. The zero-order chi connectivity index (χ0) is 19.0. The Morgan fingerprint density at radius 1 is 1.08 bits per heavy atom. The van der Waals surface area contributed by atoms with Crippen LogP contribution >= 0.6 is 0 Å². The standard InChI is InChI=1S/C19H26N2O5/c1-2-26-15-8-6-14(7-9-15)17(23)20-12-16(22)21-13-19(18(24)25)10-4-3-5-11-19/h6-9H,2-5,10-13H2,1H3,(H,20,23)(H,21,22)(H,24,25).